The van der Waals surface area contributed by atoms with Crippen LogP contribution in [0.5, 0.6) is 5.75 Å². The van der Waals surface area contributed by atoms with Gasteiger partial charge in [0.25, 0.3) is 10.0 Å². The van der Waals surface area contributed by atoms with Crippen LogP contribution in [0.1, 0.15) is 84.0 Å². The number of nitrogens with zero attached hydrogens (tertiary/aromatic N) is 1. The fraction of sp³-hybridized carbons (Fsp3) is 0.352. The maximum Gasteiger partial charge on any atom is 0.408 e. The second-order valence-corrected chi connectivity index (χ2v) is 19.8. The third kappa shape index (κ3) is 14.7. The number of nitrogens with one attached hydrogen (secondary N) is 4. The van der Waals surface area contributed by atoms with E-state index in [1.54, 1.807) is 13.8 Å². The van der Waals surface area contributed by atoms with Crippen molar-refractivity contribution in [2.75, 3.05) is 6.54 Å². The molecule has 0 radical (unpaired) electrons. The smallest absolute Gasteiger partial charge is 0.408 e. The number of aliphatic imine (C=N–C) groups is 1. The molecule has 14 nitrogen and oxygen atoms in total. The third-order valence-electron chi connectivity index (χ3n) is 12.3. The third-order valence-corrected chi connectivity index (χ3v) is 13.9. The molecule has 1 aliphatic heterocycles. The molecule has 1 aliphatic rings. The van der Waals surface area contributed by atoms with Gasteiger partial charge in [-0.3, -0.25) is 19.4 Å². The van der Waals surface area contributed by atoms with Crippen LogP contribution in [0.25, 0.3) is 0 Å². The Hall–Kier alpha value is -7.00. The molecule has 0 unspecified atom stereocenters. The molecule has 0 aromatic heterocycles. The lowest BCUT2D eigenvalue weighted by atomic mass is 9.88. The molecule has 0 saturated heterocycles. The number of benzene rings is 5. The maximum absolute atomic E-state index is 14.4. The van der Waals surface area contributed by atoms with E-state index in [0.717, 1.165) is 45.6 Å². The van der Waals surface area contributed by atoms with E-state index in [0.29, 0.717) is 30.4 Å². The number of Topliss-reactive ketones (excluding diaryl/α,β-unsaturated/α-hetero) is 1. The van der Waals surface area contributed by atoms with E-state index < -0.39 is 46.1 Å². The number of guanidine groups is 1. The van der Waals surface area contributed by atoms with Gasteiger partial charge < -0.3 is 31.2 Å². The van der Waals surface area contributed by atoms with Crippen molar-refractivity contribution in [3.8, 4) is 5.75 Å². The van der Waals surface area contributed by atoms with Gasteiger partial charge in [0.05, 0.1) is 10.9 Å². The fourth-order valence-corrected chi connectivity index (χ4v) is 9.96. The number of fused-ring (bicyclic) bond motifs is 1. The minimum atomic E-state index is -4.11. The van der Waals surface area contributed by atoms with Gasteiger partial charge in [-0.15, -0.1) is 0 Å². The number of amides is 3. The van der Waals surface area contributed by atoms with Crippen molar-refractivity contribution in [2.45, 2.75) is 121 Å². The van der Waals surface area contributed by atoms with Crippen LogP contribution in [0.2, 0.25) is 0 Å². The molecule has 5 aromatic rings. The maximum atomic E-state index is 14.4. The Morgan fingerprint density at radius 2 is 1.19 bits per heavy atom. The highest BCUT2D eigenvalue weighted by atomic mass is 32.2. The Labute approximate surface area is 405 Å². The minimum absolute atomic E-state index is 0.00744. The van der Waals surface area contributed by atoms with Crippen LogP contribution >= 0.6 is 0 Å². The first-order valence-corrected chi connectivity index (χ1v) is 24.8. The minimum Gasteiger partial charge on any atom is -0.487 e. The molecule has 69 heavy (non-hydrogen) atoms. The number of hydrogen-bond donors (Lipinski definition) is 5. The predicted octanol–water partition coefficient (Wildman–Crippen LogP) is 7.04. The first-order valence-electron chi connectivity index (χ1n) is 23.4. The van der Waals surface area contributed by atoms with Gasteiger partial charge in [-0.05, 0) is 111 Å². The van der Waals surface area contributed by atoms with Gasteiger partial charge >= 0.3 is 6.09 Å². The van der Waals surface area contributed by atoms with Crippen molar-refractivity contribution in [3.05, 3.63) is 166 Å². The van der Waals surface area contributed by atoms with Gasteiger partial charge in [-0.1, -0.05) is 121 Å². The number of ether oxygens (including phenoxy) is 2. The lowest BCUT2D eigenvalue weighted by Gasteiger charge is -2.35. The molecular weight excluding hydrogens is 893 g/mol. The Balaban J connectivity index is 1.15. The first kappa shape index (κ1) is 51.4. The number of nitrogens with two attached hydrogens (primary N) is 1. The summed E-state index contributed by atoms with van der Waals surface area (Å²) in [6.07, 6.45) is 1.92. The Morgan fingerprint density at radius 1 is 0.681 bits per heavy atom. The summed E-state index contributed by atoms with van der Waals surface area (Å²) >= 11 is 0. The average molecular weight is 957 g/mol. The highest BCUT2D eigenvalue weighted by Gasteiger charge is 2.34. The average Bonchev–Trinajstić information content (AvgIpc) is 3.32. The highest BCUT2D eigenvalue weighted by molar-refractivity contribution is 7.90. The fourth-order valence-electron chi connectivity index (χ4n) is 8.44. The van der Waals surface area contributed by atoms with E-state index in [1.165, 1.54) is 0 Å². The quantitative estimate of drug-likeness (QED) is 0.0290. The second kappa shape index (κ2) is 23.8. The normalized spacial score (nSPS) is 14.5. The van der Waals surface area contributed by atoms with E-state index in [-0.39, 0.29) is 61.1 Å². The molecule has 3 amide bonds. The zero-order valence-electron chi connectivity index (χ0n) is 40.0. The second-order valence-electron chi connectivity index (χ2n) is 18.1. The highest BCUT2D eigenvalue weighted by Crippen LogP contribution is 2.42. The van der Waals surface area contributed by atoms with E-state index >= 15 is 0 Å². The van der Waals surface area contributed by atoms with Gasteiger partial charge in [0.1, 0.15) is 30.0 Å². The van der Waals surface area contributed by atoms with Crippen molar-refractivity contribution in [1.29, 1.82) is 0 Å². The van der Waals surface area contributed by atoms with E-state index in [1.807, 2.05) is 142 Å². The molecule has 15 heteroatoms. The standard InChI is InChI=1S/C54H64N6O8S/c1-36-37(2)49(38(3)43-29-30-54(4,5)68-48(36)43)69(65,66)60-52(55)56-31-19-18-28-44(47(61)34-41-24-14-8-15-25-41)57-50(62)45(32-39-20-10-6-11-21-39)58-51(63)46(33-40-22-12-7-13-23-40)59-53(64)67-35-42-26-16-9-17-27-42/h6-17,20-27,44-46H,18-19,28-35H2,1-5H3,(H,57,62)(H,58,63)(H,59,64)(H3,55,56,60)/t44-,45-,46-/m0/s1. The van der Waals surface area contributed by atoms with Gasteiger partial charge in [-0.25, -0.2) is 17.9 Å². The molecule has 3 atom stereocenters. The number of sulfonamides is 1. The van der Waals surface area contributed by atoms with Crippen molar-refractivity contribution in [2.24, 2.45) is 10.7 Å². The number of carbonyl (C=O) groups excluding carboxylic acids is 4. The SMILES string of the molecule is Cc1c(C)c(S(=O)(=O)NC(N)=NCCCC[C@H](NC(=O)[C@H](Cc2ccccc2)NC(=O)[C@H](Cc2ccccc2)NC(=O)OCc2ccccc2)C(=O)Cc2ccccc2)c(C)c2c1OC(C)(C)CC2. The molecule has 0 saturated carbocycles. The molecular formula is C54H64N6O8S. The zero-order chi connectivity index (χ0) is 49.6. The van der Waals surface area contributed by atoms with Gasteiger partial charge in [-0.2, -0.15) is 0 Å². The number of carbonyl (C=O) groups is 4. The number of unbranched alkanes of at least 4 members (excludes halogenated alkanes) is 1. The van der Waals surface area contributed by atoms with Crippen LogP contribution in [0.4, 0.5) is 4.79 Å². The number of hydrogen-bond acceptors (Lipinski definition) is 9. The van der Waals surface area contributed by atoms with Gasteiger partial charge in [0, 0.05) is 25.8 Å². The van der Waals surface area contributed by atoms with Gasteiger partial charge in [0.2, 0.25) is 17.8 Å². The topological polar surface area (TPSA) is 207 Å². The molecule has 1 heterocycles. The summed E-state index contributed by atoms with van der Waals surface area (Å²) in [5, 5.41) is 8.52. The Bertz CT molecular complexity index is 2700. The number of ketones is 1. The van der Waals surface area contributed by atoms with Crippen LogP contribution in [0, 0.1) is 20.8 Å². The molecule has 0 spiro atoms. The van der Waals surface area contributed by atoms with Crippen LogP contribution < -0.4 is 31.1 Å². The van der Waals surface area contributed by atoms with E-state index in [9.17, 15) is 27.6 Å². The summed E-state index contributed by atoms with van der Waals surface area (Å²) in [6.45, 7) is 9.58. The van der Waals surface area contributed by atoms with Crippen LogP contribution in [0.3, 0.4) is 0 Å². The monoisotopic (exact) mass is 956 g/mol. The van der Waals surface area contributed by atoms with Crippen molar-refractivity contribution < 1.29 is 37.1 Å². The number of alkyl carbamates (subject to hydrolysis) is 1. The number of rotatable bonds is 21. The summed E-state index contributed by atoms with van der Waals surface area (Å²) in [7, 11) is -4.11. The molecule has 0 aliphatic carbocycles. The molecule has 6 N–H and O–H groups in total. The van der Waals surface area contributed by atoms with Crippen molar-refractivity contribution >= 4 is 39.7 Å². The first-order chi connectivity index (χ1) is 33.0. The van der Waals surface area contributed by atoms with Gasteiger partial charge in [0.15, 0.2) is 5.78 Å². The van der Waals surface area contributed by atoms with Crippen LogP contribution in [0.15, 0.2) is 131 Å². The lowest BCUT2D eigenvalue weighted by molar-refractivity contribution is -0.132. The van der Waals surface area contributed by atoms with Crippen LogP contribution in [-0.2, 0) is 61.4 Å². The summed E-state index contributed by atoms with van der Waals surface area (Å²) in [6, 6.07) is 33.5. The molecule has 5 aromatic carbocycles. The summed E-state index contributed by atoms with van der Waals surface area (Å²) in [5.74, 6) is -0.974. The zero-order valence-corrected chi connectivity index (χ0v) is 40.9. The van der Waals surface area contributed by atoms with Crippen molar-refractivity contribution in [3.63, 3.8) is 0 Å². The molecule has 0 fully saturated rings. The Morgan fingerprint density at radius 3 is 1.75 bits per heavy atom. The van der Waals surface area contributed by atoms with Crippen molar-refractivity contribution in [1.82, 2.24) is 20.7 Å². The van der Waals surface area contributed by atoms with E-state index in [4.69, 9.17) is 15.2 Å². The largest absolute Gasteiger partial charge is 0.487 e. The van der Waals surface area contributed by atoms with E-state index in [2.05, 4.69) is 25.7 Å². The Kier molecular flexibility index (Phi) is 17.7. The lowest BCUT2D eigenvalue weighted by Crippen LogP contribution is -2.57. The molecule has 6 rings (SSSR count). The molecule has 364 valence electrons. The summed E-state index contributed by atoms with van der Waals surface area (Å²) in [5.41, 5.74) is 11.7. The predicted molar refractivity (Wildman–Crippen MR) is 267 cm³/mol. The molecule has 0 bridgehead atoms. The summed E-state index contributed by atoms with van der Waals surface area (Å²) < 4.78 is 41.8. The summed E-state index contributed by atoms with van der Waals surface area (Å²) in [4.78, 5) is 60.2. The van der Waals surface area contributed by atoms with Crippen LogP contribution in [-0.4, -0.2) is 68.3 Å².